The van der Waals surface area contributed by atoms with E-state index in [1.807, 2.05) is 102 Å². The molecule has 44 heavy (non-hydrogen) atoms. The van der Waals surface area contributed by atoms with Crippen molar-refractivity contribution in [1.29, 1.82) is 5.26 Å². The minimum absolute atomic E-state index is 0.00676. The Balaban J connectivity index is 1.21. The van der Waals surface area contributed by atoms with Gasteiger partial charge in [-0.25, -0.2) is 9.67 Å². The molecule has 0 aliphatic carbocycles. The zero-order valence-electron chi connectivity index (χ0n) is 25.7. The summed E-state index contributed by atoms with van der Waals surface area (Å²) in [4.78, 5) is 34.6. The van der Waals surface area contributed by atoms with E-state index >= 15 is 0 Å². The van der Waals surface area contributed by atoms with Gasteiger partial charge in [-0.3, -0.25) is 4.79 Å². The van der Waals surface area contributed by atoms with Crippen molar-refractivity contribution in [3.63, 3.8) is 0 Å². The highest BCUT2D eigenvalue weighted by molar-refractivity contribution is 5.94. The summed E-state index contributed by atoms with van der Waals surface area (Å²) in [5.74, 6) is 2.08. The largest absolute Gasteiger partial charge is 0.494 e. The lowest BCUT2D eigenvalue weighted by atomic mass is 10.1. The molecular formula is C32H38N10O2. The highest BCUT2D eigenvalue weighted by atomic mass is 16.5. The summed E-state index contributed by atoms with van der Waals surface area (Å²) in [5.41, 5.74) is 3.54. The second-order valence-corrected chi connectivity index (χ2v) is 10.7. The average molecular weight is 595 g/mol. The Kier molecular flexibility index (Phi) is 9.54. The summed E-state index contributed by atoms with van der Waals surface area (Å²) >= 11 is 0. The maximum absolute atomic E-state index is 13.3. The van der Waals surface area contributed by atoms with Crippen LogP contribution in [0.15, 0.2) is 65.9 Å². The van der Waals surface area contributed by atoms with Crippen molar-refractivity contribution in [1.82, 2.24) is 34.4 Å². The van der Waals surface area contributed by atoms with Crippen molar-refractivity contribution < 1.29 is 9.53 Å². The van der Waals surface area contributed by atoms with Gasteiger partial charge in [0, 0.05) is 65.1 Å². The topological polar surface area (TPSA) is 119 Å². The van der Waals surface area contributed by atoms with Crippen LogP contribution in [0.25, 0.3) is 11.0 Å². The number of carbonyl (C=O) groups is 1. The van der Waals surface area contributed by atoms with E-state index in [0.29, 0.717) is 69.9 Å². The van der Waals surface area contributed by atoms with Gasteiger partial charge in [-0.05, 0) is 49.2 Å². The zero-order valence-corrected chi connectivity index (χ0v) is 25.7. The normalized spacial score (nSPS) is 13.6. The number of carbonyl (C=O) groups excluding carboxylic acids is 1. The molecule has 3 heterocycles. The lowest BCUT2D eigenvalue weighted by Gasteiger charge is -2.34. The molecule has 0 bridgehead atoms. The molecule has 1 aliphatic heterocycles. The van der Waals surface area contributed by atoms with Gasteiger partial charge in [-0.2, -0.15) is 15.3 Å². The first-order valence-corrected chi connectivity index (χ1v) is 14.8. The fourth-order valence-corrected chi connectivity index (χ4v) is 5.29. The van der Waals surface area contributed by atoms with Crippen LogP contribution in [-0.2, 0) is 13.1 Å². The molecule has 1 amide bonds. The molecule has 0 unspecified atom stereocenters. The summed E-state index contributed by atoms with van der Waals surface area (Å²) in [6.45, 7) is 8.89. The fraction of sp³-hybridized carbons (Fsp3) is 0.375. The van der Waals surface area contributed by atoms with Gasteiger partial charge in [-0.1, -0.05) is 24.3 Å². The van der Waals surface area contributed by atoms with E-state index < -0.39 is 0 Å². The monoisotopic (exact) mass is 594 g/mol. The number of fused-ring (bicyclic) bond motifs is 1. The van der Waals surface area contributed by atoms with Gasteiger partial charge in [0.1, 0.15) is 5.75 Å². The van der Waals surface area contributed by atoms with Crippen molar-refractivity contribution >= 4 is 28.8 Å². The second-order valence-electron chi connectivity index (χ2n) is 10.7. The van der Waals surface area contributed by atoms with Gasteiger partial charge < -0.3 is 24.3 Å². The number of guanidine groups is 1. The lowest BCUT2D eigenvalue weighted by molar-refractivity contribution is 0.0746. The Labute approximate surface area is 257 Å². The van der Waals surface area contributed by atoms with Crippen molar-refractivity contribution in [2.75, 3.05) is 58.3 Å². The van der Waals surface area contributed by atoms with E-state index in [-0.39, 0.29) is 5.91 Å². The predicted octanol–water partition coefficient (Wildman–Crippen LogP) is 3.46. The SMILES string of the molecule is CCOc1cccc(Cn2ncc3cnc(N4CCN(C(=O)c5ccc(CN(CC)C(=NC#N)N(C)C)cc5)CC4)nc32)c1. The molecule has 1 aliphatic rings. The molecule has 0 atom stereocenters. The first kappa shape index (κ1) is 30.3. The molecule has 0 N–H and O–H groups in total. The lowest BCUT2D eigenvalue weighted by Crippen LogP contribution is -2.49. The summed E-state index contributed by atoms with van der Waals surface area (Å²) in [6, 6.07) is 15.7. The van der Waals surface area contributed by atoms with E-state index in [9.17, 15) is 4.79 Å². The Morgan fingerprint density at radius 3 is 2.50 bits per heavy atom. The molecule has 5 rings (SSSR count). The quantitative estimate of drug-likeness (QED) is 0.163. The Morgan fingerprint density at radius 1 is 1.05 bits per heavy atom. The average Bonchev–Trinajstić information content (AvgIpc) is 3.44. The van der Waals surface area contributed by atoms with Crippen molar-refractivity contribution in [3.8, 4) is 11.9 Å². The van der Waals surface area contributed by atoms with Gasteiger partial charge >= 0.3 is 0 Å². The van der Waals surface area contributed by atoms with Crippen LogP contribution in [0.2, 0.25) is 0 Å². The van der Waals surface area contributed by atoms with Crippen LogP contribution in [-0.4, -0.2) is 99.7 Å². The number of aliphatic imine (C=N–C) groups is 1. The Hall–Kier alpha value is -5.18. The number of hydrogen-bond donors (Lipinski definition) is 0. The Bertz CT molecular complexity index is 1650. The maximum atomic E-state index is 13.3. The minimum Gasteiger partial charge on any atom is -0.494 e. The van der Waals surface area contributed by atoms with Crippen LogP contribution < -0.4 is 9.64 Å². The molecule has 4 aromatic rings. The third kappa shape index (κ3) is 6.89. The minimum atomic E-state index is 0.00676. The van der Waals surface area contributed by atoms with Gasteiger partial charge in [0.25, 0.3) is 5.91 Å². The molecule has 2 aromatic carbocycles. The van der Waals surface area contributed by atoms with Crippen molar-refractivity contribution in [2.45, 2.75) is 26.9 Å². The highest BCUT2D eigenvalue weighted by Gasteiger charge is 2.24. The molecule has 1 fully saturated rings. The van der Waals surface area contributed by atoms with E-state index in [4.69, 9.17) is 15.0 Å². The number of piperazine rings is 1. The van der Waals surface area contributed by atoms with Crippen molar-refractivity contribution in [2.24, 2.45) is 4.99 Å². The Morgan fingerprint density at radius 2 is 1.82 bits per heavy atom. The van der Waals surface area contributed by atoms with Crippen molar-refractivity contribution in [3.05, 3.63) is 77.6 Å². The van der Waals surface area contributed by atoms with E-state index in [1.54, 1.807) is 6.20 Å². The van der Waals surface area contributed by atoms with Gasteiger partial charge in [0.15, 0.2) is 5.65 Å². The standard InChI is InChI=1S/C32H38N10O2/c1-5-39(32(35-23-33)38(3)4)21-24-10-12-26(13-11-24)30(43)40-14-16-41(17-15-40)31-34-19-27-20-36-42(29(27)37-31)22-25-8-7-9-28(18-25)44-6-2/h7-13,18-20H,5-6,14-17,21-22H2,1-4H3. The van der Waals surface area contributed by atoms with Crippen LogP contribution in [0.1, 0.15) is 35.3 Å². The van der Waals surface area contributed by atoms with E-state index in [0.717, 1.165) is 27.9 Å². The first-order valence-electron chi connectivity index (χ1n) is 14.8. The molecule has 0 saturated carbocycles. The zero-order chi connectivity index (χ0) is 31.1. The summed E-state index contributed by atoms with van der Waals surface area (Å²) in [5, 5.41) is 14.5. The third-order valence-corrected chi connectivity index (χ3v) is 7.54. The molecule has 12 heteroatoms. The number of ether oxygens (including phenoxy) is 1. The molecular weight excluding hydrogens is 556 g/mol. The first-order chi connectivity index (χ1) is 21.4. The van der Waals surface area contributed by atoms with Gasteiger partial charge in [0.2, 0.25) is 18.1 Å². The van der Waals surface area contributed by atoms with Crippen LogP contribution in [0.3, 0.4) is 0 Å². The number of aromatic nitrogens is 4. The number of hydrogen-bond acceptors (Lipinski definition) is 8. The molecule has 12 nitrogen and oxygen atoms in total. The second kappa shape index (κ2) is 13.9. The molecule has 0 spiro atoms. The molecule has 0 radical (unpaired) electrons. The molecule has 2 aromatic heterocycles. The number of rotatable bonds is 9. The number of benzene rings is 2. The maximum Gasteiger partial charge on any atom is 0.253 e. The van der Waals surface area contributed by atoms with E-state index in [2.05, 4.69) is 26.0 Å². The summed E-state index contributed by atoms with van der Waals surface area (Å²) in [6.07, 6.45) is 5.48. The number of nitrogens with zero attached hydrogens (tertiary/aromatic N) is 10. The summed E-state index contributed by atoms with van der Waals surface area (Å²) < 4.78 is 7.53. The predicted molar refractivity (Wildman–Crippen MR) is 169 cm³/mol. The number of anilines is 1. The summed E-state index contributed by atoms with van der Waals surface area (Å²) in [7, 11) is 3.73. The molecule has 1 saturated heterocycles. The van der Waals surface area contributed by atoms with Crippen LogP contribution in [0.5, 0.6) is 5.75 Å². The smallest absolute Gasteiger partial charge is 0.253 e. The van der Waals surface area contributed by atoms with Crippen LogP contribution in [0.4, 0.5) is 5.95 Å². The van der Waals surface area contributed by atoms with Crippen LogP contribution in [0, 0.1) is 11.5 Å². The highest BCUT2D eigenvalue weighted by Crippen LogP contribution is 2.20. The molecule has 228 valence electrons. The number of amides is 1. The van der Waals surface area contributed by atoms with Gasteiger partial charge in [0.05, 0.1) is 24.7 Å². The number of nitriles is 1. The fourth-order valence-electron chi connectivity index (χ4n) is 5.29. The third-order valence-electron chi connectivity index (χ3n) is 7.54. The van der Waals surface area contributed by atoms with Gasteiger partial charge in [-0.15, -0.1) is 4.99 Å². The van der Waals surface area contributed by atoms with E-state index in [1.165, 1.54) is 0 Å². The van der Waals surface area contributed by atoms with Crippen LogP contribution >= 0.6 is 0 Å².